The first-order valence-electron chi connectivity index (χ1n) is 7.45. The van der Waals surface area contributed by atoms with Gasteiger partial charge < -0.3 is 15.5 Å². The Labute approximate surface area is 117 Å². The number of carbonyl (C=O) groups excluding carboxylic acids is 1. The molecule has 0 aromatic heterocycles. The number of nitrogens with zero attached hydrogens (tertiary/aromatic N) is 1. The quantitative estimate of drug-likeness (QED) is 0.433. The predicted molar refractivity (Wildman–Crippen MR) is 77.0 cm³/mol. The van der Waals surface area contributed by atoms with E-state index in [2.05, 4.69) is 12.2 Å². The van der Waals surface area contributed by atoms with Gasteiger partial charge in [-0.05, 0) is 6.42 Å². The van der Waals surface area contributed by atoms with E-state index in [1.165, 1.54) is 19.3 Å². The lowest BCUT2D eigenvalue weighted by atomic mass is 10.1. The molecule has 0 atom stereocenters. The third-order valence-electron chi connectivity index (χ3n) is 3.09. The van der Waals surface area contributed by atoms with E-state index in [9.17, 15) is 4.79 Å². The summed E-state index contributed by atoms with van der Waals surface area (Å²) in [5.74, 6) is 0.101. The highest BCUT2D eigenvalue weighted by atomic mass is 16.3. The average molecular weight is 274 g/mol. The van der Waals surface area contributed by atoms with Gasteiger partial charge in [0.1, 0.15) is 0 Å². The van der Waals surface area contributed by atoms with Crippen LogP contribution in [0.15, 0.2) is 0 Å². The van der Waals surface area contributed by atoms with Crippen molar-refractivity contribution in [2.45, 2.75) is 45.4 Å². The first kappa shape index (κ1) is 18.4. The van der Waals surface area contributed by atoms with E-state index < -0.39 is 0 Å². The number of aliphatic hydroxyl groups excluding tert-OH is 2. The number of carbonyl (C=O) groups is 1. The fourth-order valence-electron chi connectivity index (χ4n) is 1.95. The monoisotopic (exact) mass is 274 g/mol. The first-order chi connectivity index (χ1) is 9.24. The Morgan fingerprint density at radius 2 is 1.63 bits per heavy atom. The van der Waals surface area contributed by atoms with Crippen LogP contribution in [0.4, 0.5) is 0 Å². The highest BCUT2D eigenvalue weighted by molar-refractivity contribution is 5.75. The van der Waals surface area contributed by atoms with E-state index in [1.807, 2.05) is 4.90 Å². The molecule has 0 aliphatic carbocycles. The highest BCUT2D eigenvalue weighted by Gasteiger charge is 2.05. The molecule has 0 fully saturated rings. The van der Waals surface area contributed by atoms with Gasteiger partial charge in [0, 0.05) is 32.6 Å². The minimum absolute atomic E-state index is 0.0748. The van der Waals surface area contributed by atoms with Gasteiger partial charge in [-0.25, -0.2) is 0 Å². The maximum absolute atomic E-state index is 11.5. The Kier molecular flexibility index (Phi) is 13.3. The number of amides is 1. The van der Waals surface area contributed by atoms with Crippen molar-refractivity contribution in [1.82, 2.24) is 10.2 Å². The minimum atomic E-state index is 0.0748. The standard InChI is InChI=1S/C14H30N2O3/c1-2-3-4-5-6-7-14(19)15-8-9-16(10-12-17)11-13-18/h17-18H,2-13H2,1H3,(H,15,19). The van der Waals surface area contributed by atoms with Crippen LogP contribution in [0.5, 0.6) is 0 Å². The van der Waals surface area contributed by atoms with Crippen LogP contribution in [-0.4, -0.2) is 60.4 Å². The Hall–Kier alpha value is -0.650. The average Bonchev–Trinajstić information content (AvgIpc) is 2.39. The third kappa shape index (κ3) is 12.1. The van der Waals surface area contributed by atoms with Crippen molar-refractivity contribution < 1.29 is 15.0 Å². The zero-order chi connectivity index (χ0) is 14.3. The molecule has 1 amide bonds. The summed E-state index contributed by atoms with van der Waals surface area (Å²) in [4.78, 5) is 13.5. The molecule has 0 heterocycles. The molecule has 0 bridgehead atoms. The van der Waals surface area contributed by atoms with Crippen LogP contribution in [-0.2, 0) is 4.79 Å². The summed E-state index contributed by atoms with van der Waals surface area (Å²) in [5, 5.41) is 20.6. The molecule has 0 rings (SSSR count). The minimum Gasteiger partial charge on any atom is -0.395 e. The molecule has 0 aromatic rings. The molecule has 0 saturated carbocycles. The van der Waals surface area contributed by atoms with E-state index in [-0.39, 0.29) is 19.1 Å². The molecule has 0 unspecified atom stereocenters. The Bertz CT molecular complexity index is 207. The lowest BCUT2D eigenvalue weighted by Gasteiger charge is -2.20. The van der Waals surface area contributed by atoms with Gasteiger partial charge in [-0.1, -0.05) is 32.6 Å². The lowest BCUT2D eigenvalue weighted by Crippen LogP contribution is -2.37. The fourth-order valence-corrected chi connectivity index (χ4v) is 1.95. The predicted octanol–water partition coefficient (Wildman–Crippen LogP) is 0.750. The zero-order valence-electron chi connectivity index (χ0n) is 12.2. The zero-order valence-corrected chi connectivity index (χ0v) is 12.2. The maximum atomic E-state index is 11.5. The van der Waals surface area contributed by atoms with E-state index >= 15 is 0 Å². The van der Waals surface area contributed by atoms with Crippen LogP contribution in [0.2, 0.25) is 0 Å². The molecule has 19 heavy (non-hydrogen) atoms. The SMILES string of the molecule is CCCCCCCC(=O)NCCN(CCO)CCO. The second-order valence-corrected chi connectivity index (χ2v) is 4.80. The lowest BCUT2D eigenvalue weighted by molar-refractivity contribution is -0.121. The second kappa shape index (κ2) is 13.8. The number of nitrogens with one attached hydrogen (secondary N) is 1. The molecule has 5 heteroatoms. The number of hydrogen-bond acceptors (Lipinski definition) is 4. The molecule has 0 spiro atoms. The van der Waals surface area contributed by atoms with Crippen molar-refractivity contribution >= 4 is 5.91 Å². The van der Waals surface area contributed by atoms with Gasteiger partial charge in [-0.3, -0.25) is 9.69 Å². The molecule has 114 valence electrons. The molecule has 5 nitrogen and oxygen atoms in total. The molecular weight excluding hydrogens is 244 g/mol. The normalized spacial score (nSPS) is 10.9. The smallest absolute Gasteiger partial charge is 0.220 e. The van der Waals surface area contributed by atoms with Gasteiger partial charge in [-0.15, -0.1) is 0 Å². The van der Waals surface area contributed by atoms with E-state index in [0.29, 0.717) is 32.6 Å². The first-order valence-corrected chi connectivity index (χ1v) is 7.45. The summed E-state index contributed by atoms with van der Waals surface area (Å²) in [6.07, 6.45) is 6.37. The summed E-state index contributed by atoms with van der Waals surface area (Å²) in [5.41, 5.74) is 0. The van der Waals surface area contributed by atoms with Gasteiger partial charge in [0.15, 0.2) is 0 Å². The van der Waals surface area contributed by atoms with E-state index in [1.54, 1.807) is 0 Å². The summed E-state index contributed by atoms with van der Waals surface area (Å²) in [6.45, 7) is 4.64. The Morgan fingerprint density at radius 3 is 2.21 bits per heavy atom. The van der Waals surface area contributed by atoms with Crippen molar-refractivity contribution in [3.05, 3.63) is 0 Å². The highest BCUT2D eigenvalue weighted by Crippen LogP contribution is 2.04. The maximum Gasteiger partial charge on any atom is 0.220 e. The van der Waals surface area contributed by atoms with Crippen LogP contribution < -0.4 is 5.32 Å². The fraction of sp³-hybridized carbons (Fsp3) is 0.929. The van der Waals surface area contributed by atoms with Gasteiger partial charge in [-0.2, -0.15) is 0 Å². The largest absolute Gasteiger partial charge is 0.395 e. The molecule has 0 aliphatic rings. The van der Waals surface area contributed by atoms with E-state index in [0.717, 1.165) is 12.8 Å². The van der Waals surface area contributed by atoms with Crippen LogP contribution in [0.3, 0.4) is 0 Å². The van der Waals surface area contributed by atoms with Crippen molar-refractivity contribution in [2.24, 2.45) is 0 Å². The van der Waals surface area contributed by atoms with Gasteiger partial charge in [0.25, 0.3) is 0 Å². The summed E-state index contributed by atoms with van der Waals surface area (Å²) < 4.78 is 0. The second-order valence-electron chi connectivity index (χ2n) is 4.80. The number of aliphatic hydroxyl groups is 2. The molecule has 0 saturated heterocycles. The Morgan fingerprint density at radius 1 is 1.00 bits per heavy atom. The third-order valence-corrected chi connectivity index (χ3v) is 3.09. The summed E-state index contributed by atoms with van der Waals surface area (Å²) in [7, 11) is 0. The molecule has 0 radical (unpaired) electrons. The van der Waals surface area contributed by atoms with Crippen LogP contribution in [0.25, 0.3) is 0 Å². The summed E-state index contributed by atoms with van der Waals surface area (Å²) in [6, 6.07) is 0. The number of hydrogen-bond donors (Lipinski definition) is 3. The van der Waals surface area contributed by atoms with Gasteiger partial charge in [0.2, 0.25) is 5.91 Å². The number of rotatable bonds is 13. The van der Waals surface area contributed by atoms with Crippen molar-refractivity contribution in [3.8, 4) is 0 Å². The summed E-state index contributed by atoms with van der Waals surface area (Å²) >= 11 is 0. The van der Waals surface area contributed by atoms with Gasteiger partial charge >= 0.3 is 0 Å². The topological polar surface area (TPSA) is 72.8 Å². The van der Waals surface area contributed by atoms with Crippen molar-refractivity contribution in [3.63, 3.8) is 0 Å². The molecular formula is C14H30N2O3. The Balaban J connectivity index is 3.49. The molecule has 3 N–H and O–H groups in total. The van der Waals surface area contributed by atoms with Crippen LogP contribution in [0, 0.1) is 0 Å². The van der Waals surface area contributed by atoms with Gasteiger partial charge in [0.05, 0.1) is 13.2 Å². The van der Waals surface area contributed by atoms with Crippen LogP contribution in [0.1, 0.15) is 45.4 Å². The molecule has 0 aliphatic heterocycles. The molecule has 0 aromatic carbocycles. The van der Waals surface area contributed by atoms with Crippen LogP contribution >= 0.6 is 0 Å². The number of unbranched alkanes of at least 4 members (excludes halogenated alkanes) is 4. The van der Waals surface area contributed by atoms with Crippen molar-refractivity contribution in [2.75, 3.05) is 39.4 Å². The van der Waals surface area contributed by atoms with Crippen molar-refractivity contribution in [1.29, 1.82) is 0 Å². The van der Waals surface area contributed by atoms with E-state index in [4.69, 9.17) is 10.2 Å².